The zero-order chi connectivity index (χ0) is 13.9. The first-order chi connectivity index (χ1) is 8.20. The summed E-state index contributed by atoms with van der Waals surface area (Å²) >= 11 is 17.1. The number of aromatic hydroxyl groups is 1. The lowest BCUT2D eigenvalue weighted by atomic mass is 10.1. The second kappa shape index (κ2) is 6.16. The molecule has 2 nitrogen and oxygen atoms in total. The van der Waals surface area contributed by atoms with Gasteiger partial charge in [0.05, 0.1) is 5.03 Å². The van der Waals surface area contributed by atoms with Gasteiger partial charge in [0.25, 0.3) is 0 Å². The van der Waals surface area contributed by atoms with Gasteiger partial charge in [0, 0.05) is 17.6 Å². The fraction of sp³-hybridized carbons (Fsp3) is 0.385. The van der Waals surface area contributed by atoms with Crippen LogP contribution in [0.25, 0.3) is 5.03 Å². The van der Waals surface area contributed by atoms with Crippen LogP contribution in [0, 0.1) is 0 Å². The number of nitrogens with one attached hydrogen (secondary N) is 1. The molecule has 0 heterocycles. The van der Waals surface area contributed by atoms with E-state index in [2.05, 4.69) is 26.1 Å². The quantitative estimate of drug-likeness (QED) is 0.853. The Bertz CT molecular complexity index is 460. The van der Waals surface area contributed by atoms with Gasteiger partial charge in [-0.1, -0.05) is 46.9 Å². The molecule has 1 aromatic rings. The van der Waals surface area contributed by atoms with Crippen LogP contribution in [0.4, 0.5) is 0 Å². The molecular formula is C13H16Cl3NO. The highest BCUT2D eigenvalue weighted by Gasteiger charge is 2.11. The number of phenolic OH excluding ortho intramolecular Hbond substituents is 1. The third kappa shape index (κ3) is 4.69. The van der Waals surface area contributed by atoms with Gasteiger partial charge < -0.3 is 10.4 Å². The lowest BCUT2D eigenvalue weighted by Crippen LogP contribution is -2.35. The molecule has 0 bridgehead atoms. The Morgan fingerprint density at radius 2 is 1.83 bits per heavy atom. The van der Waals surface area contributed by atoms with Crippen LogP contribution in [0.2, 0.25) is 0 Å². The number of halogens is 3. The van der Waals surface area contributed by atoms with Crippen molar-refractivity contribution in [2.24, 2.45) is 0 Å². The van der Waals surface area contributed by atoms with Crippen LogP contribution in [0.15, 0.2) is 22.7 Å². The van der Waals surface area contributed by atoms with Crippen LogP contribution < -0.4 is 5.32 Å². The third-order valence-electron chi connectivity index (χ3n) is 2.31. The molecule has 1 aromatic carbocycles. The van der Waals surface area contributed by atoms with Crippen LogP contribution in [0.1, 0.15) is 31.9 Å². The van der Waals surface area contributed by atoms with E-state index in [1.54, 1.807) is 18.2 Å². The molecule has 0 aliphatic rings. The second-order valence-electron chi connectivity index (χ2n) is 5.02. The summed E-state index contributed by atoms with van der Waals surface area (Å²) in [5.41, 5.74) is 1.37. The lowest BCUT2D eigenvalue weighted by molar-refractivity contribution is 0.412. The standard InChI is InChI=1S/C13H16Cl3NO/c1-13(2,3)17-7-9-5-4-8(6-10(9)18)11(14)12(15)16/h4-6,17-18H,7H2,1-3H3. The fourth-order valence-electron chi connectivity index (χ4n) is 1.32. The normalized spacial score (nSPS) is 11.4. The van der Waals surface area contributed by atoms with E-state index >= 15 is 0 Å². The van der Waals surface area contributed by atoms with E-state index in [-0.39, 0.29) is 20.8 Å². The molecule has 18 heavy (non-hydrogen) atoms. The third-order valence-corrected chi connectivity index (χ3v) is 3.29. The van der Waals surface area contributed by atoms with Crippen LogP contribution in [-0.2, 0) is 6.54 Å². The highest BCUT2D eigenvalue weighted by atomic mass is 35.5. The number of hydrogen-bond donors (Lipinski definition) is 2. The number of phenols is 1. The zero-order valence-corrected chi connectivity index (χ0v) is 12.8. The van der Waals surface area contributed by atoms with Crippen molar-refractivity contribution in [2.75, 3.05) is 0 Å². The summed E-state index contributed by atoms with van der Waals surface area (Å²) in [7, 11) is 0. The minimum absolute atomic E-state index is 0.0118. The molecule has 1 rings (SSSR count). The minimum atomic E-state index is -0.0170. The van der Waals surface area contributed by atoms with Gasteiger partial charge in [0.15, 0.2) is 0 Å². The van der Waals surface area contributed by atoms with Crippen molar-refractivity contribution in [3.63, 3.8) is 0 Å². The molecule has 0 atom stereocenters. The van der Waals surface area contributed by atoms with E-state index in [0.717, 1.165) is 5.56 Å². The summed E-state index contributed by atoms with van der Waals surface area (Å²) in [5, 5.41) is 13.4. The van der Waals surface area contributed by atoms with E-state index in [0.29, 0.717) is 12.1 Å². The maximum absolute atomic E-state index is 9.91. The van der Waals surface area contributed by atoms with E-state index in [4.69, 9.17) is 34.8 Å². The maximum Gasteiger partial charge on any atom is 0.126 e. The topological polar surface area (TPSA) is 32.3 Å². The molecule has 0 aliphatic heterocycles. The molecule has 2 N–H and O–H groups in total. The molecule has 0 amide bonds. The average Bonchev–Trinajstić information content (AvgIpc) is 2.25. The van der Waals surface area contributed by atoms with Gasteiger partial charge in [0.1, 0.15) is 10.2 Å². The van der Waals surface area contributed by atoms with E-state index in [9.17, 15) is 5.11 Å². The highest BCUT2D eigenvalue weighted by molar-refractivity contribution is 6.66. The van der Waals surface area contributed by atoms with E-state index in [1.165, 1.54) is 0 Å². The number of rotatable bonds is 3. The largest absolute Gasteiger partial charge is 0.508 e. The number of benzene rings is 1. The van der Waals surface area contributed by atoms with Gasteiger partial charge in [-0.25, -0.2) is 0 Å². The molecule has 0 spiro atoms. The molecule has 0 radical (unpaired) electrons. The molecule has 100 valence electrons. The van der Waals surface area contributed by atoms with Crippen LogP contribution in [-0.4, -0.2) is 10.6 Å². The summed E-state index contributed by atoms with van der Waals surface area (Å²) in [6.45, 7) is 6.76. The molecule has 0 fully saturated rings. The van der Waals surface area contributed by atoms with Gasteiger partial charge in [-0.3, -0.25) is 0 Å². The number of hydrogen-bond acceptors (Lipinski definition) is 2. The molecule has 0 saturated heterocycles. The summed E-state index contributed by atoms with van der Waals surface area (Å²) in [4.78, 5) is 0. The molecule has 0 unspecified atom stereocenters. The summed E-state index contributed by atoms with van der Waals surface area (Å²) in [6, 6.07) is 5.11. The van der Waals surface area contributed by atoms with Crippen molar-refractivity contribution in [2.45, 2.75) is 32.9 Å². The summed E-state index contributed by atoms with van der Waals surface area (Å²) < 4.78 is -0.0170. The zero-order valence-electron chi connectivity index (χ0n) is 10.5. The first-order valence-corrected chi connectivity index (χ1v) is 6.62. The van der Waals surface area contributed by atoms with Crippen molar-refractivity contribution < 1.29 is 5.11 Å². The van der Waals surface area contributed by atoms with Crippen LogP contribution in [0.5, 0.6) is 5.75 Å². The lowest BCUT2D eigenvalue weighted by Gasteiger charge is -2.21. The van der Waals surface area contributed by atoms with Gasteiger partial charge in [0.2, 0.25) is 0 Å². The average molecular weight is 309 g/mol. The maximum atomic E-state index is 9.91. The van der Waals surface area contributed by atoms with E-state index < -0.39 is 0 Å². The first-order valence-electron chi connectivity index (χ1n) is 5.49. The van der Waals surface area contributed by atoms with Crippen molar-refractivity contribution >= 4 is 39.8 Å². The predicted octanol–water partition coefficient (Wildman–Crippen LogP) is 4.62. The highest BCUT2D eigenvalue weighted by Crippen LogP contribution is 2.31. The molecule has 0 aliphatic carbocycles. The Morgan fingerprint density at radius 3 is 2.28 bits per heavy atom. The molecule has 5 heteroatoms. The monoisotopic (exact) mass is 307 g/mol. The second-order valence-corrected chi connectivity index (χ2v) is 6.35. The Hall–Kier alpha value is -0.410. The van der Waals surface area contributed by atoms with Gasteiger partial charge in [-0.2, -0.15) is 0 Å². The Kier molecular flexibility index (Phi) is 5.35. The summed E-state index contributed by atoms with van der Waals surface area (Å²) in [5.74, 6) is 0.164. The minimum Gasteiger partial charge on any atom is -0.508 e. The molecular weight excluding hydrogens is 293 g/mol. The predicted molar refractivity (Wildman–Crippen MR) is 79.2 cm³/mol. The molecule has 0 saturated carbocycles. The Labute approximate surface area is 123 Å². The fourth-order valence-corrected chi connectivity index (χ4v) is 1.66. The van der Waals surface area contributed by atoms with Gasteiger partial charge >= 0.3 is 0 Å². The van der Waals surface area contributed by atoms with Crippen molar-refractivity contribution in [1.82, 2.24) is 5.32 Å². The SMILES string of the molecule is CC(C)(C)NCc1ccc(C(Cl)=C(Cl)Cl)cc1O. The smallest absolute Gasteiger partial charge is 0.126 e. The van der Waals surface area contributed by atoms with Gasteiger partial charge in [-0.15, -0.1) is 0 Å². The Balaban J connectivity index is 2.91. The van der Waals surface area contributed by atoms with Crippen molar-refractivity contribution in [3.8, 4) is 5.75 Å². The van der Waals surface area contributed by atoms with Crippen LogP contribution >= 0.6 is 34.8 Å². The van der Waals surface area contributed by atoms with Crippen molar-refractivity contribution in [1.29, 1.82) is 0 Å². The first kappa shape index (κ1) is 15.6. The van der Waals surface area contributed by atoms with Gasteiger partial charge in [-0.05, 0) is 32.4 Å². The summed E-state index contributed by atoms with van der Waals surface area (Å²) in [6.07, 6.45) is 0. The van der Waals surface area contributed by atoms with Crippen molar-refractivity contribution in [3.05, 3.63) is 33.8 Å². The van der Waals surface area contributed by atoms with E-state index in [1.807, 2.05) is 0 Å². The Morgan fingerprint density at radius 1 is 1.22 bits per heavy atom. The molecule has 0 aromatic heterocycles. The van der Waals surface area contributed by atoms with Crippen LogP contribution in [0.3, 0.4) is 0 Å².